The number of hydrogen-bond donors (Lipinski definition) is 2. The predicted molar refractivity (Wildman–Crippen MR) is 105 cm³/mol. The third-order valence-electron chi connectivity index (χ3n) is 3.93. The van der Waals surface area contributed by atoms with Gasteiger partial charge < -0.3 is 20.1 Å². The van der Waals surface area contributed by atoms with E-state index in [4.69, 9.17) is 9.47 Å². The zero-order chi connectivity index (χ0) is 19.6. The molecule has 0 spiro atoms. The fourth-order valence-corrected chi connectivity index (χ4v) is 2.34. The summed E-state index contributed by atoms with van der Waals surface area (Å²) in [5, 5.41) is 5.60. The van der Waals surface area contributed by atoms with Gasteiger partial charge in [0.05, 0.1) is 0 Å². The number of methoxy groups -OCH3 is 1. The molecule has 1 atom stereocenters. The van der Waals surface area contributed by atoms with Crippen molar-refractivity contribution in [1.29, 1.82) is 0 Å². The molecule has 6 heteroatoms. The average molecular weight is 370 g/mol. The van der Waals surface area contributed by atoms with Gasteiger partial charge >= 0.3 is 0 Å². The highest BCUT2D eigenvalue weighted by Crippen LogP contribution is 2.15. The topological polar surface area (TPSA) is 76.7 Å². The Morgan fingerprint density at radius 2 is 1.70 bits per heavy atom. The second kappa shape index (κ2) is 10.3. The van der Waals surface area contributed by atoms with E-state index in [1.54, 1.807) is 38.3 Å². The number of aryl methyl sites for hydroxylation is 1. The molecule has 0 radical (unpaired) electrons. The molecule has 0 aromatic heterocycles. The number of amides is 2. The van der Waals surface area contributed by atoms with Crippen LogP contribution < -0.4 is 15.4 Å². The van der Waals surface area contributed by atoms with E-state index in [9.17, 15) is 9.59 Å². The van der Waals surface area contributed by atoms with Crippen LogP contribution in [0.4, 0.5) is 5.69 Å². The summed E-state index contributed by atoms with van der Waals surface area (Å²) in [5.41, 5.74) is 2.27. The van der Waals surface area contributed by atoms with E-state index < -0.39 is 6.10 Å². The van der Waals surface area contributed by atoms with Crippen LogP contribution in [0.2, 0.25) is 0 Å². The highest BCUT2D eigenvalue weighted by atomic mass is 16.5. The number of rotatable bonds is 9. The Kier molecular flexibility index (Phi) is 7.82. The number of hydrogen-bond acceptors (Lipinski definition) is 4. The van der Waals surface area contributed by atoms with Crippen molar-refractivity contribution in [2.45, 2.75) is 26.4 Å². The van der Waals surface area contributed by atoms with E-state index in [0.29, 0.717) is 30.2 Å². The molecule has 2 N–H and O–H groups in total. The van der Waals surface area contributed by atoms with Crippen molar-refractivity contribution in [2.24, 2.45) is 0 Å². The second-order valence-electron chi connectivity index (χ2n) is 6.24. The van der Waals surface area contributed by atoms with Crippen LogP contribution in [0.1, 0.15) is 29.3 Å². The first kappa shape index (κ1) is 20.5. The Balaban J connectivity index is 1.84. The van der Waals surface area contributed by atoms with E-state index in [1.807, 2.05) is 31.2 Å². The molecule has 2 aromatic carbocycles. The van der Waals surface area contributed by atoms with Crippen LogP contribution in [0.25, 0.3) is 0 Å². The smallest absolute Gasteiger partial charge is 0.265 e. The van der Waals surface area contributed by atoms with Gasteiger partial charge in [0.1, 0.15) is 5.75 Å². The van der Waals surface area contributed by atoms with Gasteiger partial charge in [0.25, 0.3) is 11.8 Å². The SMILES string of the molecule is COCCCNC(=O)c1ccc(NC(=O)C(C)Oc2ccc(C)cc2)cc1. The molecule has 0 bridgehead atoms. The first-order chi connectivity index (χ1) is 13.0. The second-order valence-corrected chi connectivity index (χ2v) is 6.24. The number of benzene rings is 2. The van der Waals surface area contributed by atoms with Crippen molar-refractivity contribution in [3.05, 3.63) is 59.7 Å². The summed E-state index contributed by atoms with van der Waals surface area (Å²) in [6.45, 7) is 4.84. The molecule has 0 aliphatic rings. The van der Waals surface area contributed by atoms with Gasteiger partial charge in [-0.15, -0.1) is 0 Å². The van der Waals surface area contributed by atoms with Crippen LogP contribution in [-0.2, 0) is 9.53 Å². The van der Waals surface area contributed by atoms with Gasteiger partial charge in [0.15, 0.2) is 6.10 Å². The highest BCUT2D eigenvalue weighted by molar-refractivity contribution is 5.96. The molecule has 0 aliphatic heterocycles. The number of anilines is 1. The van der Waals surface area contributed by atoms with Crippen LogP contribution in [0.5, 0.6) is 5.75 Å². The number of ether oxygens (including phenoxy) is 2. The van der Waals surface area contributed by atoms with Crippen molar-refractivity contribution < 1.29 is 19.1 Å². The summed E-state index contributed by atoms with van der Waals surface area (Å²) < 4.78 is 10.6. The van der Waals surface area contributed by atoms with E-state index in [1.165, 1.54) is 0 Å². The molecule has 2 amide bonds. The Morgan fingerprint density at radius 3 is 2.33 bits per heavy atom. The lowest BCUT2D eigenvalue weighted by atomic mass is 10.2. The predicted octanol–water partition coefficient (Wildman–Crippen LogP) is 3.17. The molecule has 1 unspecified atom stereocenters. The minimum atomic E-state index is -0.642. The molecule has 144 valence electrons. The Bertz CT molecular complexity index is 742. The van der Waals surface area contributed by atoms with E-state index in [0.717, 1.165) is 12.0 Å². The van der Waals surface area contributed by atoms with Crippen LogP contribution in [0.15, 0.2) is 48.5 Å². The summed E-state index contributed by atoms with van der Waals surface area (Å²) >= 11 is 0. The number of carbonyl (C=O) groups is 2. The summed E-state index contributed by atoms with van der Waals surface area (Å²) in [4.78, 5) is 24.3. The lowest BCUT2D eigenvalue weighted by Gasteiger charge is -2.15. The molecule has 0 saturated carbocycles. The summed E-state index contributed by atoms with van der Waals surface area (Å²) in [7, 11) is 1.63. The summed E-state index contributed by atoms with van der Waals surface area (Å²) in [5.74, 6) is 0.233. The third kappa shape index (κ3) is 6.75. The fraction of sp³-hybridized carbons (Fsp3) is 0.333. The van der Waals surface area contributed by atoms with E-state index in [2.05, 4.69) is 10.6 Å². The summed E-state index contributed by atoms with van der Waals surface area (Å²) in [6, 6.07) is 14.3. The number of carbonyl (C=O) groups excluding carboxylic acids is 2. The van der Waals surface area contributed by atoms with Crippen molar-refractivity contribution >= 4 is 17.5 Å². The molecule has 0 aliphatic carbocycles. The minimum absolute atomic E-state index is 0.153. The van der Waals surface area contributed by atoms with Gasteiger partial charge in [-0.1, -0.05) is 17.7 Å². The van der Waals surface area contributed by atoms with Gasteiger partial charge in [0, 0.05) is 31.5 Å². The molecular weight excluding hydrogens is 344 g/mol. The van der Waals surface area contributed by atoms with Crippen molar-refractivity contribution in [1.82, 2.24) is 5.32 Å². The first-order valence-corrected chi connectivity index (χ1v) is 8.91. The first-order valence-electron chi connectivity index (χ1n) is 8.91. The van der Waals surface area contributed by atoms with Crippen molar-refractivity contribution in [3.8, 4) is 5.75 Å². The molecule has 0 heterocycles. The van der Waals surface area contributed by atoms with Gasteiger partial charge in [-0.25, -0.2) is 0 Å². The van der Waals surface area contributed by atoms with Gasteiger partial charge in [-0.2, -0.15) is 0 Å². The molecule has 0 saturated heterocycles. The molecule has 27 heavy (non-hydrogen) atoms. The van der Waals surface area contributed by atoms with Crippen LogP contribution in [-0.4, -0.2) is 38.2 Å². The van der Waals surface area contributed by atoms with Crippen LogP contribution in [0.3, 0.4) is 0 Å². The van der Waals surface area contributed by atoms with Gasteiger partial charge in [0.2, 0.25) is 0 Å². The molecule has 0 fully saturated rings. The Labute approximate surface area is 159 Å². The van der Waals surface area contributed by atoms with E-state index >= 15 is 0 Å². The Morgan fingerprint density at radius 1 is 1.04 bits per heavy atom. The maximum Gasteiger partial charge on any atom is 0.265 e. The van der Waals surface area contributed by atoms with E-state index in [-0.39, 0.29) is 11.8 Å². The quantitative estimate of drug-likeness (QED) is 0.665. The maximum atomic E-state index is 12.3. The zero-order valence-corrected chi connectivity index (χ0v) is 16.0. The largest absolute Gasteiger partial charge is 0.481 e. The zero-order valence-electron chi connectivity index (χ0n) is 16.0. The number of nitrogens with one attached hydrogen (secondary N) is 2. The fourth-order valence-electron chi connectivity index (χ4n) is 2.34. The lowest BCUT2D eigenvalue weighted by molar-refractivity contribution is -0.122. The monoisotopic (exact) mass is 370 g/mol. The van der Waals surface area contributed by atoms with Crippen molar-refractivity contribution in [2.75, 3.05) is 25.6 Å². The van der Waals surface area contributed by atoms with Gasteiger partial charge in [-0.3, -0.25) is 9.59 Å². The van der Waals surface area contributed by atoms with Gasteiger partial charge in [-0.05, 0) is 56.7 Å². The standard InChI is InChI=1S/C21H26N2O4/c1-15-5-11-19(12-6-15)27-16(2)20(24)23-18-9-7-17(8-10-18)21(25)22-13-4-14-26-3/h5-12,16H,4,13-14H2,1-3H3,(H,22,25)(H,23,24). The normalized spacial score (nSPS) is 11.5. The summed E-state index contributed by atoms with van der Waals surface area (Å²) in [6.07, 6.45) is 0.117. The molecule has 2 aromatic rings. The van der Waals surface area contributed by atoms with Crippen LogP contribution >= 0.6 is 0 Å². The lowest BCUT2D eigenvalue weighted by Crippen LogP contribution is -2.30. The third-order valence-corrected chi connectivity index (χ3v) is 3.93. The van der Waals surface area contributed by atoms with Crippen molar-refractivity contribution in [3.63, 3.8) is 0 Å². The minimum Gasteiger partial charge on any atom is -0.481 e. The Hall–Kier alpha value is -2.86. The average Bonchev–Trinajstić information content (AvgIpc) is 2.67. The van der Waals surface area contributed by atoms with Crippen LogP contribution in [0, 0.1) is 6.92 Å². The highest BCUT2D eigenvalue weighted by Gasteiger charge is 2.15. The maximum absolute atomic E-state index is 12.3. The molecule has 6 nitrogen and oxygen atoms in total. The molecule has 2 rings (SSSR count). The molecular formula is C21H26N2O4.